The number of hydrogen-bond acceptors (Lipinski definition) is 2. The summed E-state index contributed by atoms with van der Waals surface area (Å²) in [5.41, 5.74) is 0. The van der Waals surface area contributed by atoms with E-state index in [9.17, 15) is 0 Å². The first-order valence-electron chi connectivity index (χ1n) is 3.95. The lowest BCUT2D eigenvalue weighted by Crippen LogP contribution is -1.95. The summed E-state index contributed by atoms with van der Waals surface area (Å²) < 4.78 is 0. The van der Waals surface area contributed by atoms with E-state index in [4.69, 9.17) is 11.6 Å². The third-order valence-electron chi connectivity index (χ3n) is 1.50. The van der Waals surface area contributed by atoms with Crippen LogP contribution in [0.2, 0.25) is 0 Å². The van der Waals surface area contributed by atoms with Crippen molar-refractivity contribution in [3.8, 4) is 0 Å². The molecule has 0 radical (unpaired) electrons. The van der Waals surface area contributed by atoms with Crippen molar-refractivity contribution in [1.82, 2.24) is 4.98 Å². The van der Waals surface area contributed by atoms with Crippen molar-refractivity contribution in [2.75, 3.05) is 5.88 Å². The number of thioether (sulfide) groups is 1. The summed E-state index contributed by atoms with van der Waals surface area (Å²) >= 11 is 7.48. The van der Waals surface area contributed by atoms with Gasteiger partial charge < -0.3 is 0 Å². The summed E-state index contributed by atoms with van der Waals surface area (Å²) in [4.78, 5) is 5.23. The van der Waals surface area contributed by atoms with Crippen LogP contribution in [0.5, 0.6) is 0 Å². The number of nitrogens with zero attached hydrogens (tertiary/aromatic N) is 1. The lowest BCUT2D eigenvalue weighted by molar-refractivity contribution is 0.912. The molecule has 0 aliphatic carbocycles. The zero-order chi connectivity index (χ0) is 8.81. The molecule has 1 unspecified atom stereocenters. The summed E-state index contributed by atoms with van der Waals surface area (Å²) in [7, 11) is 0. The first kappa shape index (κ1) is 9.87. The highest BCUT2D eigenvalue weighted by Crippen LogP contribution is 2.24. The van der Waals surface area contributed by atoms with E-state index >= 15 is 0 Å². The second kappa shape index (κ2) is 5.44. The van der Waals surface area contributed by atoms with Gasteiger partial charge in [-0.15, -0.1) is 23.4 Å². The standard InChI is InChI=1S/C9H12ClNS/c1-8(2-5-10)12-9-3-6-11-7-4-9/h3-4,6-8H,2,5H2,1H3. The molecule has 1 heterocycles. The van der Waals surface area contributed by atoms with Gasteiger partial charge in [-0.2, -0.15) is 0 Å². The van der Waals surface area contributed by atoms with E-state index in [-0.39, 0.29) is 0 Å². The van der Waals surface area contributed by atoms with E-state index in [1.807, 2.05) is 36.3 Å². The lowest BCUT2D eigenvalue weighted by Gasteiger charge is -2.07. The molecule has 1 aromatic rings. The number of aromatic nitrogens is 1. The largest absolute Gasteiger partial charge is 0.265 e. The molecule has 0 aromatic carbocycles. The molecule has 1 rings (SSSR count). The molecule has 0 bridgehead atoms. The minimum Gasteiger partial charge on any atom is -0.265 e. The molecule has 1 aromatic heterocycles. The monoisotopic (exact) mass is 201 g/mol. The molecule has 1 atom stereocenters. The lowest BCUT2D eigenvalue weighted by atomic mass is 10.4. The van der Waals surface area contributed by atoms with Crippen LogP contribution in [-0.4, -0.2) is 16.1 Å². The van der Waals surface area contributed by atoms with E-state index < -0.39 is 0 Å². The normalized spacial score (nSPS) is 12.8. The van der Waals surface area contributed by atoms with E-state index in [1.165, 1.54) is 4.90 Å². The average molecular weight is 202 g/mol. The van der Waals surface area contributed by atoms with Crippen LogP contribution in [0.4, 0.5) is 0 Å². The van der Waals surface area contributed by atoms with Gasteiger partial charge in [0.05, 0.1) is 0 Å². The first-order chi connectivity index (χ1) is 5.83. The van der Waals surface area contributed by atoms with Crippen molar-refractivity contribution in [3.63, 3.8) is 0 Å². The number of alkyl halides is 1. The molecule has 3 heteroatoms. The quantitative estimate of drug-likeness (QED) is 0.548. The summed E-state index contributed by atoms with van der Waals surface area (Å²) in [6, 6.07) is 4.05. The molecule has 0 saturated carbocycles. The molecule has 12 heavy (non-hydrogen) atoms. The Hall–Kier alpha value is -0.210. The zero-order valence-electron chi connectivity index (χ0n) is 7.03. The van der Waals surface area contributed by atoms with Gasteiger partial charge in [-0.25, -0.2) is 0 Å². The molecule has 0 fully saturated rings. The Morgan fingerprint density at radius 3 is 2.75 bits per heavy atom. The first-order valence-corrected chi connectivity index (χ1v) is 5.37. The number of hydrogen-bond donors (Lipinski definition) is 0. The smallest absolute Gasteiger partial charge is 0.0278 e. The molecule has 0 amide bonds. The average Bonchev–Trinajstić information content (AvgIpc) is 2.06. The van der Waals surface area contributed by atoms with Crippen LogP contribution in [0.15, 0.2) is 29.4 Å². The van der Waals surface area contributed by atoms with Crippen molar-refractivity contribution >= 4 is 23.4 Å². The molecule has 0 saturated heterocycles. The Kier molecular flexibility index (Phi) is 4.48. The van der Waals surface area contributed by atoms with E-state index in [0.29, 0.717) is 5.25 Å². The summed E-state index contributed by atoms with van der Waals surface area (Å²) in [6.45, 7) is 2.19. The molecule has 0 aliphatic heterocycles. The van der Waals surface area contributed by atoms with Gasteiger partial charge in [-0.05, 0) is 18.6 Å². The van der Waals surface area contributed by atoms with Gasteiger partial charge >= 0.3 is 0 Å². The van der Waals surface area contributed by atoms with Gasteiger partial charge in [0.15, 0.2) is 0 Å². The van der Waals surface area contributed by atoms with Gasteiger partial charge in [0.1, 0.15) is 0 Å². The van der Waals surface area contributed by atoms with Crippen molar-refractivity contribution < 1.29 is 0 Å². The molecule has 0 N–H and O–H groups in total. The molecule has 66 valence electrons. The van der Waals surface area contributed by atoms with Crippen LogP contribution in [0.25, 0.3) is 0 Å². The molecular weight excluding hydrogens is 190 g/mol. The van der Waals surface area contributed by atoms with Gasteiger partial charge in [-0.1, -0.05) is 6.92 Å². The topological polar surface area (TPSA) is 12.9 Å². The van der Waals surface area contributed by atoms with Crippen molar-refractivity contribution in [2.24, 2.45) is 0 Å². The van der Waals surface area contributed by atoms with E-state index in [0.717, 1.165) is 12.3 Å². The van der Waals surface area contributed by atoms with Crippen molar-refractivity contribution in [2.45, 2.75) is 23.5 Å². The summed E-state index contributed by atoms with van der Waals surface area (Å²) in [5.74, 6) is 0.735. The Morgan fingerprint density at radius 1 is 1.50 bits per heavy atom. The van der Waals surface area contributed by atoms with Crippen LogP contribution in [-0.2, 0) is 0 Å². The van der Waals surface area contributed by atoms with Gasteiger partial charge in [0, 0.05) is 28.4 Å². The van der Waals surface area contributed by atoms with Gasteiger partial charge in [-0.3, -0.25) is 4.98 Å². The van der Waals surface area contributed by atoms with Crippen molar-refractivity contribution in [3.05, 3.63) is 24.5 Å². The third-order valence-corrected chi connectivity index (χ3v) is 2.90. The van der Waals surface area contributed by atoms with E-state index in [2.05, 4.69) is 11.9 Å². The van der Waals surface area contributed by atoms with Gasteiger partial charge in [0.2, 0.25) is 0 Å². The maximum Gasteiger partial charge on any atom is 0.0278 e. The van der Waals surface area contributed by atoms with Crippen LogP contribution >= 0.6 is 23.4 Å². The fourth-order valence-electron chi connectivity index (χ4n) is 0.862. The van der Waals surface area contributed by atoms with Gasteiger partial charge in [0.25, 0.3) is 0 Å². The molecule has 0 aliphatic rings. The van der Waals surface area contributed by atoms with Crippen LogP contribution in [0, 0.1) is 0 Å². The highest BCUT2D eigenvalue weighted by Gasteiger charge is 2.02. The maximum atomic E-state index is 5.64. The third kappa shape index (κ3) is 3.46. The maximum absolute atomic E-state index is 5.64. The highest BCUT2D eigenvalue weighted by atomic mass is 35.5. The Labute approximate surface area is 82.5 Å². The predicted octanol–water partition coefficient (Wildman–Crippen LogP) is 3.19. The minimum atomic E-state index is 0.588. The van der Waals surface area contributed by atoms with Crippen LogP contribution in [0.3, 0.4) is 0 Å². The van der Waals surface area contributed by atoms with Crippen LogP contribution < -0.4 is 0 Å². The fourth-order valence-corrected chi connectivity index (χ4v) is 2.30. The predicted molar refractivity (Wildman–Crippen MR) is 54.9 cm³/mol. The number of pyridine rings is 1. The summed E-state index contributed by atoms with van der Waals surface area (Å²) in [6.07, 6.45) is 4.68. The molecule has 0 spiro atoms. The second-order valence-electron chi connectivity index (χ2n) is 2.59. The highest BCUT2D eigenvalue weighted by molar-refractivity contribution is 7.99. The molecule has 1 nitrogen and oxygen atoms in total. The fraction of sp³-hybridized carbons (Fsp3) is 0.444. The Balaban J connectivity index is 2.41. The number of rotatable bonds is 4. The SMILES string of the molecule is CC(CCCl)Sc1ccncc1. The second-order valence-corrected chi connectivity index (χ2v) is 4.48. The summed E-state index contributed by atoms with van der Waals surface area (Å²) in [5, 5.41) is 0.588. The zero-order valence-corrected chi connectivity index (χ0v) is 8.61. The van der Waals surface area contributed by atoms with Crippen molar-refractivity contribution in [1.29, 1.82) is 0 Å². The van der Waals surface area contributed by atoms with E-state index in [1.54, 1.807) is 0 Å². The number of halogens is 1. The molecular formula is C9H12ClNS. The Morgan fingerprint density at radius 2 is 2.17 bits per heavy atom. The van der Waals surface area contributed by atoms with Crippen LogP contribution in [0.1, 0.15) is 13.3 Å². The Bertz CT molecular complexity index is 215. The minimum absolute atomic E-state index is 0.588.